The number of carbonyl (C=O) groups is 1. The van der Waals surface area contributed by atoms with Crippen LogP contribution in [0.25, 0.3) is 0 Å². The van der Waals surface area contributed by atoms with E-state index < -0.39 is 10.0 Å². The topological polar surface area (TPSA) is 92.5 Å². The van der Waals surface area contributed by atoms with Crippen molar-refractivity contribution in [2.24, 2.45) is 11.7 Å². The van der Waals surface area contributed by atoms with Crippen molar-refractivity contribution in [3.8, 4) is 0 Å². The lowest BCUT2D eigenvalue weighted by Crippen LogP contribution is -2.38. The number of sulfonamides is 1. The van der Waals surface area contributed by atoms with E-state index in [4.69, 9.17) is 5.73 Å². The highest BCUT2D eigenvalue weighted by Gasteiger charge is 2.28. The maximum Gasteiger partial charge on any atom is 0.251 e. The van der Waals surface area contributed by atoms with Crippen molar-refractivity contribution in [3.05, 3.63) is 29.8 Å². The summed E-state index contributed by atoms with van der Waals surface area (Å²) in [5.74, 6) is 0.290. The molecule has 21 heavy (non-hydrogen) atoms. The van der Waals surface area contributed by atoms with E-state index in [2.05, 4.69) is 5.32 Å². The van der Waals surface area contributed by atoms with Crippen LogP contribution in [0.15, 0.2) is 29.2 Å². The van der Waals surface area contributed by atoms with Gasteiger partial charge in [0.1, 0.15) is 0 Å². The molecule has 1 saturated carbocycles. The number of rotatable bonds is 6. The Morgan fingerprint density at radius 3 is 2.38 bits per heavy atom. The fourth-order valence-corrected chi connectivity index (χ4v) is 2.89. The van der Waals surface area contributed by atoms with E-state index in [1.165, 1.54) is 38.4 Å². The first-order valence-electron chi connectivity index (χ1n) is 6.88. The molecule has 3 N–H and O–H groups in total. The van der Waals surface area contributed by atoms with Crippen LogP contribution < -0.4 is 11.1 Å². The molecule has 0 saturated heterocycles. The van der Waals surface area contributed by atoms with Crippen LogP contribution in [0, 0.1) is 5.92 Å². The van der Waals surface area contributed by atoms with Crippen LogP contribution in [0.3, 0.4) is 0 Å². The molecule has 1 aromatic carbocycles. The molecular weight excluding hydrogens is 290 g/mol. The zero-order chi connectivity index (χ0) is 15.6. The smallest absolute Gasteiger partial charge is 0.251 e. The highest BCUT2D eigenvalue weighted by atomic mass is 32.2. The third-order valence-electron chi connectivity index (χ3n) is 3.62. The van der Waals surface area contributed by atoms with E-state index in [9.17, 15) is 13.2 Å². The largest absolute Gasteiger partial charge is 0.350 e. The number of amides is 1. The van der Waals surface area contributed by atoms with Crippen LogP contribution in [0.4, 0.5) is 0 Å². The van der Waals surface area contributed by atoms with Crippen molar-refractivity contribution < 1.29 is 13.2 Å². The summed E-state index contributed by atoms with van der Waals surface area (Å²) in [6.45, 7) is 0.446. The Hall–Kier alpha value is -1.44. The second-order valence-electron chi connectivity index (χ2n) is 5.52. The molecule has 6 nitrogen and oxygen atoms in total. The van der Waals surface area contributed by atoms with Gasteiger partial charge in [0.2, 0.25) is 10.0 Å². The number of hydrogen-bond donors (Lipinski definition) is 2. The summed E-state index contributed by atoms with van der Waals surface area (Å²) >= 11 is 0. The van der Waals surface area contributed by atoms with Gasteiger partial charge in [-0.15, -0.1) is 0 Å². The molecule has 0 aromatic heterocycles. The predicted molar refractivity (Wildman–Crippen MR) is 80.3 cm³/mol. The Bertz CT molecular complexity index is 607. The molecule has 0 radical (unpaired) electrons. The quantitative estimate of drug-likeness (QED) is 0.795. The lowest BCUT2D eigenvalue weighted by atomic mass is 10.2. The molecule has 0 aliphatic heterocycles. The monoisotopic (exact) mass is 311 g/mol. The third-order valence-corrected chi connectivity index (χ3v) is 5.45. The molecule has 7 heteroatoms. The molecule has 1 atom stereocenters. The van der Waals surface area contributed by atoms with Gasteiger partial charge in [0.25, 0.3) is 5.91 Å². The number of hydrogen-bond acceptors (Lipinski definition) is 4. The summed E-state index contributed by atoms with van der Waals surface area (Å²) in [7, 11) is -0.531. The standard InChI is InChI=1S/C14H21N3O3S/c1-17(2)21(19,20)12-7-5-11(6-8-12)14(18)16-9-13(15)10-3-4-10/h5-8,10,13H,3-4,9,15H2,1-2H3,(H,16,18). The van der Waals surface area contributed by atoms with Crippen LogP contribution >= 0.6 is 0 Å². The first-order chi connectivity index (χ1) is 9.82. The molecule has 1 unspecified atom stereocenters. The third kappa shape index (κ3) is 3.81. The first-order valence-corrected chi connectivity index (χ1v) is 8.32. The van der Waals surface area contributed by atoms with Crippen LogP contribution in [-0.2, 0) is 10.0 Å². The van der Waals surface area contributed by atoms with E-state index in [0.29, 0.717) is 18.0 Å². The highest BCUT2D eigenvalue weighted by Crippen LogP contribution is 2.31. The Labute approximate surface area is 125 Å². The average molecular weight is 311 g/mol. The number of carbonyl (C=O) groups excluding carboxylic acids is 1. The minimum Gasteiger partial charge on any atom is -0.350 e. The molecule has 0 bridgehead atoms. The molecule has 1 aromatic rings. The van der Waals surface area contributed by atoms with Gasteiger partial charge in [-0.25, -0.2) is 12.7 Å². The van der Waals surface area contributed by atoms with Crippen molar-refractivity contribution in [2.75, 3.05) is 20.6 Å². The fraction of sp³-hybridized carbons (Fsp3) is 0.500. The Balaban J connectivity index is 1.99. The molecule has 2 rings (SSSR count). The molecule has 1 fully saturated rings. The summed E-state index contributed by atoms with van der Waals surface area (Å²) in [4.78, 5) is 12.1. The van der Waals surface area contributed by atoms with Crippen molar-refractivity contribution in [3.63, 3.8) is 0 Å². The minimum absolute atomic E-state index is 0.00217. The summed E-state index contributed by atoms with van der Waals surface area (Å²) in [6.07, 6.45) is 2.27. The van der Waals surface area contributed by atoms with Crippen molar-refractivity contribution in [1.29, 1.82) is 0 Å². The Kier molecular flexibility index (Phi) is 4.65. The predicted octanol–water partition coefficient (Wildman–Crippen LogP) is 0.404. The second-order valence-corrected chi connectivity index (χ2v) is 7.67. The van der Waals surface area contributed by atoms with Gasteiger partial charge < -0.3 is 11.1 Å². The zero-order valence-electron chi connectivity index (χ0n) is 12.2. The average Bonchev–Trinajstić information content (AvgIpc) is 3.29. The summed E-state index contributed by atoms with van der Waals surface area (Å²) < 4.78 is 25.0. The van der Waals surface area contributed by atoms with Gasteiger partial charge in [-0.05, 0) is 43.0 Å². The normalized spacial score (nSPS) is 16.8. The van der Waals surface area contributed by atoms with E-state index in [0.717, 1.165) is 17.1 Å². The van der Waals surface area contributed by atoms with Crippen LogP contribution in [-0.4, -0.2) is 45.3 Å². The second kappa shape index (κ2) is 6.13. The molecule has 1 aliphatic rings. The fourth-order valence-electron chi connectivity index (χ4n) is 1.99. The number of nitrogens with zero attached hydrogens (tertiary/aromatic N) is 1. The Morgan fingerprint density at radius 1 is 1.33 bits per heavy atom. The first kappa shape index (κ1) is 15.9. The van der Waals surface area contributed by atoms with Gasteiger partial charge in [0.05, 0.1) is 4.90 Å². The summed E-state index contributed by atoms with van der Waals surface area (Å²) in [6, 6.07) is 5.89. The minimum atomic E-state index is -3.47. The SMILES string of the molecule is CN(C)S(=O)(=O)c1ccc(C(=O)NCC(N)C2CC2)cc1. The summed E-state index contributed by atoms with van der Waals surface area (Å²) in [5.41, 5.74) is 6.35. The van der Waals surface area contributed by atoms with E-state index in [-0.39, 0.29) is 16.8 Å². The molecule has 1 aliphatic carbocycles. The van der Waals surface area contributed by atoms with Crippen LogP contribution in [0.2, 0.25) is 0 Å². The number of benzene rings is 1. The van der Waals surface area contributed by atoms with Crippen molar-refractivity contribution in [1.82, 2.24) is 9.62 Å². The van der Waals surface area contributed by atoms with Crippen molar-refractivity contribution in [2.45, 2.75) is 23.8 Å². The number of nitrogens with one attached hydrogen (secondary N) is 1. The zero-order valence-corrected chi connectivity index (χ0v) is 13.1. The van der Waals surface area contributed by atoms with Gasteiger partial charge in [0, 0.05) is 32.2 Å². The van der Waals surface area contributed by atoms with Gasteiger partial charge >= 0.3 is 0 Å². The highest BCUT2D eigenvalue weighted by molar-refractivity contribution is 7.89. The molecule has 1 amide bonds. The lowest BCUT2D eigenvalue weighted by Gasteiger charge is -2.13. The van der Waals surface area contributed by atoms with Gasteiger partial charge in [-0.2, -0.15) is 0 Å². The summed E-state index contributed by atoms with van der Waals surface area (Å²) in [5, 5.41) is 2.78. The molecule has 0 spiro atoms. The maximum atomic E-state index is 12.0. The van der Waals surface area contributed by atoms with Gasteiger partial charge in [-0.3, -0.25) is 4.79 Å². The van der Waals surface area contributed by atoms with Gasteiger partial charge in [0.15, 0.2) is 0 Å². The molecular formula is C14H21N3O3S. The Morgan fingerprint density at radius 2 is 1.90 bits per heavy atom. The molecule has 0 heterocycles. The number of nitrogens with two attached hydrogens (primary N) is 1. The lowest BCUT2D eigenvalue weighted by molar-refractivity contribution is 0.0950. The van der Waals surface area contributed by atoms with Crippen molar-refractivity contribution >= 4 is 15.9 Å². The van der Waals surface area contributed by atoms with E-state index in [1.807, 2.05) is 0 Å². The van der Waals surface area contributed by atoms with E-state index >= 15 is 0 Å². The van der Waals surface area contributed by atoms with Crippen LogP contribution in [0.1, 0.15) is 23.2 Å². The van der Waals surface area contributed by atoms with E-state index in [1.54, 1.807) is 0 Å². The van der Waals surface area contributed by atoms with Gasteiger partial charge in [-0.1, -0.05) is 0 Å². The molecule has 116 valence electrons. The maximum absolute atomic E-state index is 12.0. The van der Waals surface area contributed by atoms with Crippen LogP contribution in [0.5, 0.6) is 0 Å².